The number of carbonyl (C=O) groups is 2. The molecule has 3 aromatic rings. The fraction of sp³-hybridized carbons (Fsp3) is 0.259. The molecule has 1 amide bonds. The maximum atomic E-state index is 13.2. The van der Waals surface area contributed by atoms with Crippen molar-refractivity contribution in [3.05, 3.63) is 76.4 Å². The maximum Gasteiger partial charge on any atom is 0.290 e. The summed E-state index contributed by atoms with van der Waals surface area (Å²) in [7, 11) is 0. The van der Waals surface area contributed by atoms with E-state index in [1.54, 1.807) is 6.07 Å². The lowest BCUT2D eigenvalue weighted by Gasteiger charge is -2.26. The third kappa shape index (κ3) is 5.60. The van der Waals surface area contributed by atoms with Crippen molar-refractivity contribution in [3.63, 3.8) is 0 Å². The molecule has 5 heterocycles. The number of morpholine rings is 1. The van der Waals surface area contributed by atoms with E-state index in [9.17, 15) is 4.79 Å². The number of hydrogen-bond acceptors (Lipinski definition) is 8. The molecular formula is C27H26N6O4. The van der Waals surface area contributed by atoms with E-state index >= 15 is 0 Å². The average molecular weight is 499 g/mol. The molecule has 3 aliphatic rings. The number of nitrogens with zero attached hydrogens (tertiary/aromatic N) is 5. The van der Waals surface area contributed by atoms with Crippen LogP contribution in [-0.4, -0.2) is 71.1 Å². The minimum atomic E-state index is -0.250. The zero-order valence-electron chi connectivity index (χ0n) is 20.1. The van der Waals surface area contributed by atoms with E-state index in [4.69, 9.17) is 14.6 Å². The number of rotatable bonds is 5. The first-order chi connectivity index (χ1) is 18.1. The van der Waals surface area contributed by atoms with E-state index in [2.05, 4.69) is 42.3 Å². The summed E-state index contributed by atoms with van der Waals surface area (Å²) < 4.78 is 5.42. The fourth-order valence-electron chi connectivity index (χ4n) is 4.51. The van der Waals surface area contributed by atoms with Gasteiger partial charge in [0, 0.05) is 55.0 Å². The van der Waals surface area contributed by atoms with Gasteiger partial charge in [-0.3, -0.25) is 29.5 Å². The van der Waals surface area contributed by atoms with Gasteiger partial charge in [-0.2, -0.15) is 0 Å². The summed E-state index contributed by atoms with van der Waals surface area (Å²) in [6.07, 6.45) is 5.55. The smallest absolute Gasteiger partial charge is 0.290 e. The Bertz CT molecular complexity index is 1380. The average Bonchev–Trinajstić information content (AvgIpc) is 3.59. The Kier molecular flexibility index (Phi) is 7.38. The highest BCUT2D eigenvalue weighted by Crippen LogP contribution is 2.32. The number of carboxylic acid groups (broad SMARTS) is 1. The van der Waals surface area contributed by atoms with Crippen LogP contribution in [0.1, 0.15) is 38.6 Å². The zero-order chi connectivity index (χ0) is 25.6. The molecule has 0 aliphatic carbocycles. The fourth-order valence-corrected chi connectivity index (χ4v) is 4.51. The van der Waals surface area contributed by atoms with Crippen LogP contribution in [0, 0.1) is 0 Å². The van der Waals surface area contributed by atoms with Gasteiger partial charge in [0.05, 0.1) is 43.4 Å². The van der Waals surface area contributed by atoms with Gasteiger partial charge in [-0.05, 0) is 41.5 Å². The SMILES string of the molecule is O=C(Nc1cc(-c2cnc3c(c2)C=NC3)cc2c1C=NC2)c1cccc(CN2CCOCC2)n1.O=CO. The Hall–Kier alpha value is -4.28. The highest BCUT2D eigenvalue weighted by atomic mass is 16.5. The monoisotopic (exact) mass is 498 g/mol. The molecule has 0 radical (unpaired) electrons. The standard InChI is InChI=1S/C26H24N6O2.CH2O2/c33-26(23-3-1-2-21(30-23)16-32-4-6-34-7-5-32)31-24-10-17(8-19-11-27-14-22(19)24)18-9-20-12-28-15-25(20)29-13-18;2-1-3/h1-3,8-10,12-14H,4-7,11,15-16H2,(H,31,33);1H,(H,2,3). The molecule has 2 aromatic heterocycles. The first-order valence-electron chi connectivity index (χ1n) is 12.0. The molecule has 3 aliphatic heterocycles. The number of aliphatic imine (C=N–C) groups is 2. The van der Waals surface area contributed by atoms with E-state index in [0.29, 0.717) is 25.3 Å². The van der Waals surface area contributed by atoms with Gasteiger partial charge in [-0.25, -0.2) is 4.98 Å². The lowest BCUT2D eigenvalue weighted by Crippen LogP contribution is -2.36. The third-order valence-electron chi connectivity index (χ3n) is 6.33. The predicted octanol–water partition coefficient (Wildman–Crippen LogP) is 2.79. The van der Waals surface area contributed by atoms with Crippen LogP contribution in [0.15, 0.2) is 52.6 Å². The van der Waals surface area contributed by atoms with E-state index in [1.165, 1.54) is 0 Å². The van der Waals surface area contributed by atoms with Crippen molar-refractivity contribution in [2.75, 3.05) is 31.6 Å². The van der Waals surface area contributed by atoms with Crippen LogP contribution in [0.5, 0.6) is 0 Å². The van der Waals surface area contributed by atoms with Gasteiger partial charge in [-0.1, -0.05) is 6.07 Å². The van der Waals surface area contributed by atoms with Gasteiger partial charge in [-0.15, -0.1) is 0 Å². The summed E-state index contributed by atoms with van der Waals surface area (Å²) in [5, 5.41) is 9.97. The second kappa shape index (κ2) is 11.2. The number of nitrogens with one attached hydrogen (secondary N) is 1. The number of benzene rings is 1. The van der Waals surface area contributed by atoms with Gasteiger partial charge >= 0.3 is 0 Å². The van der Waals surface area contributed by atoms with Crippen LogP contribution in [0.3, 0.4) is 0 Å². The summed E-state index contributed by atoms with van der Waals surface area (Å²) in [5.41, 5.74) is 8.04. The van der Waals surface area contributed by atoms with Crippen molar-refractivity contribution < 1.29 is 19.4 Å². The van der Waals surface area contributed by atoms with Gasteiger partial charge in [0.15, 0.2) is 0 Å². The number of anilines is 1. The largest absolute Gasteiger partial charge is 0.483 e. The second-order valence-electron chi connectivity index (χ2n) is 8.76. The molecule has 0 spiro atoms. The van der Waals surface area contributed by atoms with Crippen molar-refractivity contribution in [3.8, 4) is 11.1 Å². The van der Waals surface area contributed by atoms with Gasteiger partial charge in [0.25, 0.3) is 12.4 Å². The lowest BCUT2D eigenvalue weighted by atomic mass is 9.98. The first-order valence-corrected chi connectivity index (χ1v) is 12.0. The van der Waals surface area contributed by atoms with Crippen molar-refractivity contribution >= 4 is 30.5 Å². The molecule has 10 nitrogen and oxygen atoms in total. The lowest BCUT2D eigenvalue weighted by molar-refractivity contribution is -0.122. The molecule has 6 rings (SSSR count). The predicted molar refractivity (Wildman–Crippen MR) is 139 cm³/mol. The van der Waals surface area contributed by atoms with Gasteiger partial charge in [0.2, 0.25) is 0 Å². The number of hydrogen-bond donors (Lipinski definition) is 2. The molecule has 1 fully saturated rings. The molecule has 37 heavy (non-hydrogen) atoms. The van der Waals surface area contributed by atoms with Gasteiger partial charge in [0.1, 0.15) is 5.69 Å². The molecule has 0 bridgehead atoms. The Balaban J connectivity index is 0.000000892. The Morgan fingerprint density at radius 3 is 2.73 bits per heavy atom. The molecule has 10 heteroatoms. The Morgan fingerprint density at radius 2 is 1.89 bits per heavy atom. The van der Waals surface area contributed by atoms with Crippen LogP contribution >= 0.6 is 0 Å². The van der Waals surface area contributed by atoms with E-state index in [0.717, 1.165) is 71.2 Å². The maximum absolute atomic E-state index is 13.2. The minimum absolute atomic E-state index is 0.234. The molecule has 0 saturated carbocycles. The molecule has 0 unspecified atom stereocenters. The third-order valence-corrected chi connectivity index (χ3v) is 6.33. The van der Waals surface area contributed by atoms with E-state index < -0.39 is 0 Å². The zero-order valence-corrected chi connectivity index (χ0v) is 20.1. The van der Waals surface area contributed by atoms with Gasteiger partial charge < -0.3 is 15.2 Å². The van der Waals surface area contributed by atoms with E-state index in [-0.39, 0.29) is 12.4 Å². The summed E-state index contributed by atoms with van der Waals surface area (Å²) >= 11 is 0. The normalized spacial score (nSPS) is 15.5. The van der Waals surface area contributed by atoms with Crippen LogP contribution in [0.25, 0.3) is 11.1 Å². The van der Waals surface area contributed by atoms with Crippen LogP contribution in [0.2, 0.25) is 0 Å². The highest BCUT2D eigenvalue weighted by Gasteiger charge is 2.19. The summed E-state index contributed by atoms with van der Waals surface area (Å²) in [4.78, 5) is 41.7. The molecule has 188 valence electrons. The van der Waals surface area contributed by atoms with E-state index in [1.807, 2.05) is 36.8 Å². The van der Waals surface area contributed by atoms with Crippen LogP contribution in [0.4, 0.5) is 5.69 Å². The number of aromatic nitrogens is 2. The Morgan fingerprint density at radius 1 is 1.08 bits per heavy atom. The van der Waals surface area contributed by atoms with Crippen molar-refractivity contribution in [2.24, 2.45) is 9.98 Å². The summed E-state index contributed by atoms with van der Waals surface area (Å²) in [6.45, 7) is 4.90. The molecule has 0 atom stereocenters. The first kappa shape index (κ1) is 24.4. The topological polar surface area (TPSA) is 129 Å². The molecule has 1 aromatic carbocycles. The number of pyridine rings is 2. The molecule has 2 N–H and O–H groups in total. The number of ether oxygens (including phenoxy) is 1. The summed E-state index contributed by atoms with van der Waals surface area (Å²) in [5.74, 6) is -0.234. The Labute approximate surface area is 213 Å². The van der Waals surface area contributed by atoms with Crippen molar-refractivity contribution in [2.45, 2.75) is 19.6 Å². The number of amides is 1. The molecular weight excluding hydrogens is 472 g/mol. The van der Waals surface area contributed by atoms with Crippen LogP contribution < -0.4 is 5.32 Å². The summed E-state index contributed by atoms with van der Waals surface area (Å²) in [6, 6.07) is 11.8. The van der Waals surface area contributed by atoms with Crippen molar-refractivity contribution in [1.82, 2.24) is 14.9 Å². The highest BCUT2D eigenvalue weighted by molar-refractivity contribution is 6.07. The molecule has 1 saturated heterocycles. The quantitative estimate of drug-likeness (QED) is 0.518. The number of carbonyl (C=O) groups excluding carboxylic acids is 1. The number of fused-ring (bicyclic) bond motifs is 2. The van der Waals surface area contributed by atoms with Crippen LogP contribution in [-0.2, 0) is 29.2 Å². The minimum Gasteiger partial charge on any atom is -0.483 e. The van der Waals surface area contributed by atoms with Crippen molar-refractivity contribution in [1.29, 1.82) is 0 Å². The second-order valence-corrected chi connectivity index (χ2v) is 8.76.